The highest BCUT2D eigenvalue weighted by atomic mass is 16.1. The number of hydrogen-bond acceptors (Lipinski definition) is 3. The van der Waals surface area contributed by atoms with Crippen LogP contribution in [0.15, 0.2) is 12.7 Å². The molecule has 0 radical (unpaired) electrons. The minimum atomic E-state index is 0.576. The minimum Gasteiger partial charge on any atom is -0.276 e. The first-order valence-corrected chi connectivity index (χ1v) is 1.73. The molecule has 0 unspecified atom stereocenters. The van der Waals surface area contributed by atoms with E-state index in [1.165, 1.54) is 12.7 Å². The Hall–Kier alpha value is -1.19. The highest BCUT2D eigenvalue weighted by molar-refractivity contribution is 5.48. The third kappa shape index (κ3) is 0.623. The van der Waals surface area contributed by atoms with Gasteiger partial charge in [-0.05, 0) is 0 Å². The van der Waals surface area contributed by atoms with E-state index in [4.69, 9.17) is 0 Å². The minimum absolute atomic E-state index is 0.576. The van der Waals surface area contributed by atoms with E-state index < -0.39 is 0 Å². The molecule has 0 aliphatic carbocycles. The van der Waals surface area contributed by atoms with E-state index in [1.807, 2.05) is 0 Å². The van der Waals surface area contributed by atoms with Crippen molar-refractivity contribution >= 4 is 6.41 Å². The molecule has 0 aromatic carbocycles. The van der Waals surface area contributed by atoms with E-state index in [2.05, 4.69) is 10.1 Å². The second-order valence-corrected chi connectivity index (χ2v) is 0.981. The van der Waals surface area contributed by atoms with Crippen LogP contribution in [0.1, 0.15) is 0 Å². The van der Waals surface area contributed by atoms with Gasteiger partial charge in [-0.1, -0.05) is 0 Å². The molecule has 0 spiro atoms. The number of hydrogen-bond donors (Lipinski definition) is 0. The second-order valence-electron chi connectivity index (χ2n) is 0.981. The number of carbonyl (C=O) groups is 1. The van der Waals surface area contributed by atoms with Crippen molar-refractivity contribution in [1.29, 1.82) is 0 Å². The van der Waals surface area contributed by atoms with Gasteiger partial charge in [0.05, 0.1) is 0 Å². The van der Waals surface area contributed by atoms with Crippen LogP contribution in [-0.4, -0.2) is 21.2 Å². The summed E-state index contributed by atoms with van der Waals surface area (Å²) in [5.74, 6) is 0. The first-order valence-electron chi connectivity index (χ1n) is 1.73. The van der Waals surface area contributed by atoms with Gasteiger partial charge in [-0.25, -0.2) is 4.98 Å². The Bertz CT molecular complexity index is 145. The van der Waals surface area contributed by atoms with E-state index in [9.17, 15) is 4.79 Å². The molecule has 1 aromatic rings. The molecule has 0 saturated carbocycles. The van der Waals surface area contributed by atoms with Gasteiger partial charge in [0.2, 0.25) is 6.41 Å². The van der Waals surface area contributed by atoms with Crippen LogP contribution in [0.2, 0.25) is 0 Å². The van der Waals surface area contributed by atoms with Crippen molar-refractivity contribution in [3.63, 3.8) is 0 Å². The fourth-order valence-electron chi connectivity index (χ4n) is 0.272. The number of aromatic nitrogens is 3. The van der Waals surface area contributed by atoms with Crippen LogP contribution >= 0.6 is 0 Å². The molecule has 1 aromatic heterocycles. The van der Waals surface area contributed by atoms with Gasteiger partial charge < -0.3 is 0 Å². The molecular weight excluding hydrogens is 94.1 g/mol. The maximum atomic E-state index is 9.73. The molecule has 4 heteroatoms. The third-order valence-electron chi connectivity index (χ3n) is 0.545. The van der Waals surface area contributed by atoms with Crippen LogP contribution in [-0.2, 0) is 4.79 Å². The predicted octanol–water partition coefficient (Wildman–Crippen LogP) is -0.684. The lowest BCUT2D eigenvalue weighted by molar-refractivity contribution is 0.540. The maximum absolute atomic E-state index is 9.73. The molecule has 0 aliphatic heterocycles. The van der Waals surface area contributed by atoms with Gasteiger partial charge in [-0.15, -0.1) is 0 Å². The summed E-state index contributed by atoms with van der Waals surface area (Å²) in [6, 6.07) is 0. The van der Waals surface area contributed by atoms with Crippen LogP contribution in [0.4, 0.5) is 0 Å². The van der Waals surface area contributed by atoms with Gasteiger partial charge in [0.25, 0.3) is 0 Å². The molecule has 0 N–H and O–H groups in total. The zero-order valence-corrected chi connectivity index (χ0v) is 3.48. The lowest BCUT2D eigenvalue weighted by Gasteiger charge is -1.73. The highest BCUT2D eigenvalue weighted by Crippen LogP contribution is 1.66. The molecule has 0 amide bonds. The van der Waals surface area contributed by atoms with Gasteiger partial charge in [0.15, 0.2) is 0 Å². The molecule has 0 aliphatic rings. The van der Waals surface area contributed by atoms with Crippen molar-refractivity contribution in [3.8, 4) is 0 Å². The number of carbonyl (C=O) groups excluding carboxylic acids is 1. The molecule has 4 nitrogen and oxygen atoms in total. The van der Waals surface area contributed by atoms with Crippen molar-refractivity contribution in [2.24, 2.45) is 0 Å². The fourth-order valence-corrected chi connectivity index (χ4v) is 0.272. The third-order valence-corrected chi connectivity index (χ3v) is 0.545. The number of rotatable bonds is 1. The van der Waals surface area contributed by atoms with Crippen LogP contribution in [0.25, 0.3) is 0 Å². The monoisotopic (exact) mass is 97.0 g/mol. The number of nitrogens with zero attached hydrogens (tertiary/aromatic N) is 3. The van der Waals surface area contributed by atoms with E-state index >= 15 is 0 Å². The Morgan fingerprint density at radius 2 is 2.57 bits per heavy atom. The zero-order valence-electron chi connectivity index (χ0n) is 3.48. The average molecular weight is 97.1 g/mol. The molecule has 7 heavy (non-hydrogen) atoms. The van der Waals surface area contributed by atoms with E-state index in [-0.39, 0.29) is 0 Å². The van der Waals surface area contributed by atoms with Gasteiger partial charge >= 0.3 is 0 Å². The van der Waals surface area contributed by atoms with Crippen molar-refractivity contribution in [3.05, 3.63) is 12.7 Å². The SMILES string of the molecule is O=Cn1cncn1. The Balaban J connectivity index is 2.96. The Labute approximate surface area is 39.8 Å². The van der Waals surface area contributed by atoms with Gasteiger partial charge in [-0.3, -0.25) is 4.79 Å². The van der Waals surface area contributed by atoms with E-state index in [1.54, 1.807) is 0 Å². The molecular formula is C3H3N3O. The van der Waals surface area contributed by atoms with Crippen molar-refractivity contribution in [2.45, 2.75) is 0 Å². The Morgan fingerprint density at radius 3 is 2.86 bits per heavy atom. The van der Waals surface area contributed by atoms with Crippen LogP contribution in [0, 0.1) is 0 Å². The lowest BCUT2D eigenvalue weighted by Crippen LogP contribution is -1.92. The Kier molecular flexibility index (Phi) is 0.856. The van der Waals surface area contributed by atoms with Gasteiger partial charge in [-0.2, -0.15) is 9.78 Å². The molecule has 1 heterocycles. The van der Waals surface area contributed by atoms with Crippen molar-refractivity contribution < 1.29 is 4.79 Å². The highest BCUT2D eigenvalue weighted by Gasteiger charge is 1.78. The summed E-state index contributed by atoms with van der Waals surface area (Å²) in [4.78, 5) is 13.2. The normalized spacial score (nSPS) is 8.57. The first kappa shape index (κ1) is 3.98. The van der Waals surface area contributed by atoms with E-state index in [0.717, 1.165) is 4.68 Å². The molecule has 0 atom stereocenters. The molecule has 1 rings (SSSR count). The fraction of sp³-hybridized carbons (Fsp3) is 0. The average Bonchev–Trinajstić information content (AvgIpc) is 2.14. The first-order chi connectivity index (χ1) is 3.43. The Morgan fingerprint density at radius 1 is 1.71 bits per heavy atom. The van der Waals surface area contributed by atoms with Crippen molar-refractivity contribution in [2.75, 3.05) is 0 Å². The molecule has 36 valence electrons. The summed E-state index contributed by atoms with van der Waals surface area (Å²) < 4.78 is 1.08. The zero-order chi connectivity index (χ0) is 5.11. The largest absolute Gasteiger partial charge is 0.276 e. The summed E-state index contributed by atoms with van der Waals surface area (Å²) >= 11 is 0. The summed E-state index contributed by atoms with van der Waals surface area (Å²) in [6.45, 7) is 0. The maximum Gasteiger partial charge on any atom is 0.235 e. The van der Waals surface area contributed by atoms with E-state index in [0.29, 0.717) is 6.41 Å². The summed E-state index contributed by atoms with van der Waals surface area (Å²) in [7, 11) is 0. The second kappa shape index (κ2) is 1.51. The molecule has 0 bridgehead atoms. The molecule has 0 fully saturated rings. The van der Waals surface area contributed by atoms with Crippen LogP contribution in [0.5, 0.6) is 0 Å². The van der Waals surface area contributed by atoms with Crippen molar-refractivity contribution in [1.82, 2.24) is 14.8 Å². The standard InChI is InChI=1S/C3H3N3O/c7-3-6-2-4-1-5-6/h1-3H. The van der Waals surface area contributed by atoms with Gasteiger partial charge in [0, 0.05) is 0 Å². The summed E-state index contributed by atoms with van der Waals surface area (Å²) in [6.07, 6.45) is 3.20. The quantitative estimate of drug-likeness (QED) is 0.436. The van der Waals surface area contributed by atoms with Crippen LogP contribution in [0.3, 0.4) is 0 Å². The topological polar surface area (TPSA) is 47.8 Å². The lowest BCUT2D eigenvalue weighted by atomic mass is 11.2. The van der Waals surface area contributed by atoms with Gasteiger partial charge in [0.1, 0.15) is 12.7 Å². The molecule has 0 saturated heterocycles. The summed E-state index contributed by atoms with van der Waals surface area (Å²) in [5, 5.41) is 3.47. The van der Waals surface area contributed by atoms with Crippen LogP contribution < -0.4 is 0 Å². The summed E-state index contributed by atoms with van der Waals surface area (Å²) in [5.41, 5.74) is 0. The smallest absolute Gasteiger partial charge is 0.235 e. The predicted molar refractivity (Wildman–Crippen MR) is 22.2 cm³/mol.